The molecule has 1 aromatic rings. The third kappa shape index (κ3) is 4.28. The molecular formula is C19H21N3O5. The molecule has 2 rings (SSSR count). The average molecular weight is 371 g/mol. The Morgan fingerprint density at radius 1 is 1.04 bits per heavy atom. The van der Waals surface area contributed by atoms with Gasteiger partial charge in [-0.15, -0.1) is 6.58 Å². The first kappa shape index (κ1) is 20.0. The zero-order valence-electron chi connectivity index (χ0n) is 15.4. The fourth-order valence-corrected chi connectivity index (χ4v) is 2.27. The first-order valence-corrected chi connectivity index (χ1v) is 8.29. The van der Waals surface area contributed by atoms with Crippen molar-refractivity contribution in [2.75, 3.05) is 18.4 Å². The summed E-state index contributed by atoms with van der Waals surface area (Å²) in [6.07, 6.45) is 1.32. The highest BCUT2D eigenvalue weighted by molar-refractivity contribution is 6.45. The van der Waals surface area contributed by atoms with E-state index in [4.69, 9.17) is 0 Å². The fourth-order valence-electron chi connectivity index (χ4n) is 2.27. The Hall–Kier alpha value is -3.29. The molecule has 1 aromatic carbocycles. The smallest absolute Gasteiger partial charge is 0.326 e. The number of Topliss-reactive ketones (excluding diaryl/α,β-unsaturated/α-hetero) is 1. The van der Waals surface area contributed by atoms with Crippen LogP contribution in [-0.4, -0.2) is 52.4 Å². The van der Waals surface area contributed by atoms with Gasteiger partial charge in [-0.25, -0.2) is 9.69 Å². The number of ketones is 1. The number of nitrogens with zero attached hydrogens (tertiary/aromatic N) is 2. The van der Waals surface area contributed by atoms with Crippen LogP contribution in [0.2, 0.25) is 0 Å². The normalized spacial score (nSPS) is 14.6. The van der Waals surface area contributed by atoms with Gasteiger partial charge in [0.15, 0.2) is 5.78 Å². The predicted octanol–water partition coefficient (Wildman–Crippen LogP) is 1.83. The highest BCUT2D eigenvalue weighted by Gasteiger charge is 2.44. The van der Waals surface area contributed by atoms with Gasteiger partial charge in [0.2, 0.25) is 5.91 Å². The molecule has 0 aliphatic carbocycles. The van der Waals surface area contributed by atoms with Crippen LogP contribution < -0.4 is 5.32 Å². The first-order chi connectivity index (χ1) is 12.6. The molecule has 8 nitrogen and oxygen atoms in total. The van der Waals surface area contributed by atoms with Crippen LogP contribution in [0, 0.1) is 5.41 Å². The molecule has 0 saturated carbocycles. The maximum Gasteiger partial charge on any atom is 0.334 e. The van der Waals surface area contributed by atoms with Crippen molar-refractivity contribution in [3.05, 3.63) is 42.5 Å². The quantitative estimate of drug-likeness (QED) is 0.356. The topological polar surface area (TPSA) is 104 Å². The zero-order valence-corrected chi connectivity index (χ0v) is 15.4. The Labute approximate surface area is 156 Å². The molecule has 0 aromatic heterocycles. The number of carbonyl (C=O) groups excluding carboxylic acids is 5. The Balaban J connectivity index is 2.07. The molecule has 27 heavy (non-hydrogen) atoms. The van der Waals surface area contributed by atoms with Crippen molar-refractivity contribution in [3.63, 3.8) is 0 Å². The number of imide groups is 2. The minimum Gasteiger partial charge on any atom is -0.326 e. The molecule has 0 bridgehead atoms. The lowest BCUT2D eigenvalue weighted by atomic mass is 9.95. The number of nitrogens with one attached hydrogen (secondary N) is 1. The second kappa shape index (κ2) is 7.53. The van der Waals surface area contributed by atoms with Gasteiger partial charge in [0, 0.05) is 23.2 Å². The predicted molar refractivity (Wildman–Crippen MR) is 97.9 cm³/mol. The molecule has 0 unspecified atom stereocenters. The molecule has 1 fully saturated rings. The monoisotopic (exact) mass is 371 g/mol. The summed E-state index contributed by atoms with van der Waals surface area (Å²) in [4.78, 5) is 61.5. The van der Waals surface area contributed by atoms with E-state index >= 15 is 0 Å². The summed E-state index contributed by atoms with van der Waals surface area (Å²) in [5.74, 6) is -2.69. The van der Waals surface area contributed by atoms with E-state index in [0.717, 1.165) is 4.90 Å². The van der Waals surface area contributed by atoms with E-state index in [9.17, 15) is 24.0 Å². The molecule has 0 spiro atoms. The minimum atomic E-state index is -1.04. The van der Waals surface area contributed by atoms with E-state index < -0.39 is 35.6 Å². The Morgan fingerprint density at radius 3 is 2.11 bits per heavy atom. The number of hydrogen-bond acceptors (Lipinski definition) is 5. The van der Waals surface area contributed by atoms with Crippen LogP contribution in [0.5, 0.6) is 0 Å². The lowest BCUT2D eigenvalue weighted by Crippen LogP contribution is -2.37. The molecule has 1 N–H and O–H groups in total. The summed E-state index contributed by atoms with van der Waals surface area (Å²) in [6, 6.07) is 5.23. The van der Waals surface area contributed by atoms with Gasteiger partial charge < -0.3 is 5.32 Å². The minimum absolute atomic E-state index is 0.101. The summed E-state index contributed by atoms with van der Waals surface area (Å²) in [6.45, 7) is 8.12. The van der Waals surface area contributed by atoms with Crippen molar-refractivity contribution in [1.82, 2.24) is 9.80 Å². The number of anilines is 1. The van der Waals surface area contributed by atoms with Crippen molar-refractivity contribution in [2.45, 2.75) is 20.8 Å². The Bertz CT molecular complexity index is 821. The molecule has 1 heterocycles. The lowest BCUT2D eigenvalue weighted by molar-refractivity contribution is -0.142. The zero-order chi connectivity index (χ0) is 20.4. The molecule has 0 atom stereocenters. The van der Waals surface area contributed by atoms with E-state index in [-0.39, 0.29) is 18.0 Å². The second-order valence-corrected chi connectivity index (χ2v) is 7.08. The van der Waals surface area contributed by atoms with Gasteiger partial charge in [0.25, 0.3) is 0 Å². The maximum atomic E-state index is 12.4. The largest absolute Gasteiger partial charge is 0.334 e. The lowest BCUT2D eigenvalue weighted by Gasteiger charge is -2.17. The average Bonchev–Trinajstić information content (AvgIpc) is 2.80. The summed E-state index contributed by atoms with van der Waals surface area (Å²) in [7, 11) is 0. The SMILES string of the molecule is C=CCN1C(=O)C(=O)N(CC(=O)c2ccc(NC(=O)C(C)(C)C)cc2)C1=O. The summed E-state index contributed by atoms with van der Waals surface area (Å²) in [5.41, 5.74) is 0.209. The van der Waals surface area contributed by atoms with Crippen LogP contribution in [0.25, 0.3) is 0 Å². The van der Waals surface area contributed by atoms with E-state index in [1.807, 2.05) is 0 Å². The van der Waals surface area contributed by atoms with Crippen LogP contribution in [0.4, 0.5) is 10.5 Å². The first-order valence-electron chi connectivity index (χ1n) is 8.29. The van der Waals surface area contributed by atoms with E-state index in [2.05, 4.69) is 11.9 Å². The van der Waals surface area contributed by atoms with Crippen molar-refractivity contribution < 1.29 is 24.0 Å². The van der Waals surface area contributed by atoms with Crippen LogP contribution in [0.3, 0.4) is 0 Å². The molecule has 8 heteroatoms. The van der Waals surface area contributed by atoms with Gasteiger partial charge in [-0.05, 0) is 24.3 Å². The number of rotatable bonds is 6. The molecular weight excluding hydrogens is 350 g/mol. The molecule has 0 radical (unpaired) electrons. The second-order valence-electron chi connectivity index (χ2n) is 7.08. The Kier molecular flexibility index (Phi) is 5.58. The van der Waals surface area contributed by atoms with Crippen LogP contribution in [-0.2, 0) is 14.4 Å². The van der Waals surface area contributed by atoms with E-state index in [0.29, 0.717) is 10.6 Å². The van der Waals surface area contributed by atoms with Crippen molar-refractivity contribution >= 4 is 35.2 Å². The third-order valence-corrected chi connectivity index (χ3v) is 3.89. The van der Waals surface area contributed by atoms with Gasteiger partial charge >= 0.3 is 17.8 Å². The standard InChI is InChI=1S/C19H21N3O5/c1-5-10-21-15(24)16(25)22(18(21)27)11-14(23)12-6-8-13(9-7-12)20-17(26)19(2,3)4/h5-9H,1,10-11H2,2-4H3,(H,20,26). The van der Waals surface area contributed by atoms with Crippen LogP contribution >= 0.6 is 0 Å². The Morgan fingerprint density at radius 2 is 1.59 bits per heavy atom. The van der Waals surface area contributed by atoms with Gasteiger partial charge in [-0.2, -0.15) is 0 Å². The molecule has 5 amide bonds. The van der Waals surface area contributed by atoms with Crippen molar-refractivity contribution in [3.8, 4) is 0 Å². The van der Waals surface area contributed by atoms with Gasteiger partial charge in [0.1, 0.15) is 0 Å². The highest BCUT2D eigenvalue weighted by Crippen LogP contribution is 2.18. The summed E-state index contributed by atoms with van der Waals surface area (Å²) < 4.78 is 0. The number of urea groups is 1. The van der Waals surface area contributed by atoms with Gasteiger partial charge in [-0.1, -0.05) is 26.8 Å². The number of carbonyl (C=O) groups is 5. The summed E-state index contributed by atoms with van der Waals surface area (Å²) in [5, 5.41) is 2.73. The highest BCUT2D eigenvalue weighted by atomic mass is 16.2. The fraction of sp³-hybridized carbons (Fsp3) is 0.316. The van der Waals surface area contributed by atoms with Crippen molar-refractivity contribution in [1.29, 1.82) is 0 Å². The summed E-state index contributed by atoms with van der Waals surface area (Å²) >= 11 is 0. The van der Waals surface area contributed by atoms with Crippen LogP contribution in [0.15, 0.2) is 36.9 Å². The van der Waals surface area contributed by atoms with Gasteiger partial charge in [-0.3, -0.25) is 24.1 Å². The third-order valence-electron chi connectivity index (χ3n) is 3.89. The number of hydrogen-bond donors (Lipinski definition) is 1. The molecule has 142 valence electrons. The molecule has 1 aliphatic rings. The number of amides is 5. The molecule has 1 saturated heterocycles. The van der Waals surface area contributed by atoms with Crippen LogP contribution in [0.1, 0.15) is 31.1 Å². The van der Waals surface area contributed by atoms with E-state index in [1.165, 1.54) is 18.2 Å². The number of benzene rings is 1. The van der Waals surface area contributed by atoms with Crippen molar-refractivity contribution in [2.24, 2.45) is 5.41 Å². The maximum absolute atomic E-state index is 12.4. The molecule has 1 aliphatic heterocycles. The van der Waals surface area contributed by atoms with Gasteiger partial charge in [0.05, 0.1) is 6.54 Å². The van der Waals surface area contributed by atoms with E-state index in [1.54, 1.807) is 32.9 Å².